The summed E-state index contributed by atoms with van der Waals surface area (Å²) >= 11 is 0. The van der Waals surface area contributed by atoms with Gasteiger partial charge in [-0.3, -0.25) is 4.79 Å². The quantitative estimate of drug-likeness (QED) is 0.803. The average molecular weight is 294 g/mol. The molecule has 116 valence electrons. The topological polar surface area (TPSA) is 88.5 Å². The molecule has 1 aromatic rings. The maximum absolute atomic E-state index is 11.9. The van der Waals surface area contributed by atoms with Crippen LogP contribution in [0.5, 0.6) is 5.75 Å². The molecule has 0 fully saturated rings. The highest BCUT2D eigenvalue weighted by Crippen LogP contribution is 2.18. The van der Waals surface area contributed by atoms with E-state index in [9.17, 15) is 9.59 Å². The van der Waals surface area contributed by atoms with Gasteiger partial charge in [0.2, 0.25) is 0 Å². The van der Waals surface area contributed by atoms with Crippen LogP contribution >= 0.6 is 0 Å². The first kappa shape index (κ1) is 16.9. The minimum atomic E-state index is -1.18. The molecule has 6 heteroatoms. The Morgan fingerprint density at radius 3 is 2.57 bits per heavy atom. The third kappa shape index (κ3) is 5.41. The fraction of sp³-hybridized carbons (Fsp3) is 0.533. The Hall–Kier alpha value is -2.11. The Bertz CT molecular complexity index is 514. The number of aromatic carboxylic acids is 1. The largest absolute Gasteiger partial charge is 0.478 e. The molecular formula is C15H22N2O4. The number of rotatable bonds is 7. The molecule has 0 saturated heterocycles. The number of pyridine rings is 1. The number of amides is 1. The summed E-state index contributed by atoms with van der Waals surface area (Å²) in [5.74, 6) is -0.852. The minimum Gasteiger partial charge on any atom is -0.478 e. The van der Waals surface area contributed by atoms with Crippen molar-refractivity contribution in [2.75, 3.05) is 6.54 Å². The normalized spacial score (nSPS) is 12.0. The van der Waals surface area contributed by atoms with Crippen molar-refractivity contribution in [1.29, 1.82) is 0 Å². The lowest BCUT2D eigenvalue weighted by atomic mass is 10.1. The molecule has 0 aromatic carbocycles. The second-order valence-electron chi connectivity index (χ2n) is 5.34. The molecule has 0 spiro atoms. The number of hydrogen-bond acceptors (Lipinski definition) is 4. The summed E-state index contributed by atoms with van der Waals surface area (Å²) in [6.45, 7) is 7.99. The van der Waals surface area contributed by atoms with Gasteiger partial charge in [-0.05, 0) is 38.3 Å². The third-order valence-corrected chi connectivity index (χ3v) is 2.89. The van der Waals surface area contributed by atoms with Crippen LogP contribution in [0.15, 0.2) is 12.1 Å². The molecule has 1 rings (SSSR count). The van der Waals surface area contributed by atoms with E-state index in [4.69, 9.17) is 9.84 Å². The van der Waals surface area contributed by atoms with Gasteiger partial charge >= 0.3 is 5.97 Å². The second kappa shape index (κ2) is 7.61. The van der Waals surface area contributed by atoms with Crippen molar-refractivity contribution in [2.24, 2.45) is 5.92 Å². The van der Waals surface area contributed by atoms with Gasteiger partial charge in [-0.25, -0.2) is 9.78 Å². The van der Waals surface area contributed by atoms with Crippen molar-refractivity contribution in [3.05, 3.63) is 23.5 Å². The number of hydrogen-bond donors (Lipinski definition) is 2. The van der Waals surface area contributed by atoms with E-state index in [1.807, 2.05) is 0 Å². The molecule has 0 aliphatic heterocycles. The van der Waals surface area contributed by atoms with Crippen LogP contribution in [0.2, 0.25) is 0 Å². The summed E-state index contributed by atoms with van der Waals surface area (Å²) in [4.78, 5) is 26.9. The predicted octanol–water partition coefficient (Wildman–Crippen LogP) is 2.02. The van der Waals surface area contributed by atoms with E-state index >= 15 is 0 Å². The molecule has 0 aliphatic carbocycles. The second-order valence-corrected chi connectivity index (χ2v) is 5.34. The lowest BCUT2D eigenvalue weighted by Crippen LogP contribution is -2.37. The molecule has 0 saturated carbocycles. The SMILES string of the molecule is Cc1ccc(OC(C)C(=O)NCCC(C)C)c(C(=O)O)n1. The summed E-state index contributed by atoms with van der Waals surface area (Å²) in [6.07, 6.45) is 0.102. The lowest BCUT2D eigenvalue weighted by molar-refractivity contribution is -0.127. The standard InChI is InChI=1S/C15H22N2O4/c1-9(2)7-8-16-14(18)11(4)21-12-6-5-10(3)17-13(12)15(19)20/h5-6,9,11H,7-8H2,1-4H3,(H,16,18)(H,19,20). The Labute approximate surface area is 124 Å². The van der Waals surface area contributed by atoms with E-state index in [1.165, 1.54) is 6.07 Å². The van der Waals surface area contributed by atoms with Crippen LogP contribution in [0.4, 0.5) is 0 Å². The Kier molecular flexibility index (Phi) is 6.14. The van der Waals surface area contributed by atoms with E-state index in [2.05, 4.69) is 24.1 Å². The van der Waals surface area contributed by atoms with E-state index in [0.29, 0.717) is 18.2 Å². The van der Waals surface area contributed by atoms with Gasteiger partial charge in [0.15, 0.2) is 17.5 Å². The molecule has 6 nitrogen and oxygen atoms in total. The number of aromatic nitrogens is 1. The van der Waals surface area contributed by atoms with E-state index in [1.54, 1.807) is 19.9 Å². The van der Waals surface area contributed by atoms with Gasteiger partial charge in [0.25, 0.3) is 5.91 Å². The van der Waals surface area contributed by atoms with Gasteiger partial charge in [-0.2, -0.15) is 0 Å². The van der Waals surface area contributed by atoms with Crippen molar-refractivity contribution in [3.63, 3.8) is 0 Å². The van der Waals surface area contributed by atoms with Gasteiger partial charge in [-0.15, -0.1) is 0 Å². The number of carbonyl (C=O) groups is 2. The van der Waals surface area contributed by atoms with Crippen molar-refractivity contribution < 1.29 is 19.4 Å². The fourth-order valence-electron chi connectivity index (χ4n) is 1.66. The summed E-state index contributed by atoms with van der Waals surface area (Å²) < 4.78 is 5.43. The zero-order valence-electron chi connectivity index (χ0n) is 12.8. The average Bonchev–Trinajstić information content (AvgIpc) is 2.39. The first-order chi connectivity index (χ1) is 9.81. The lowest BCUT2D eigenvalue weighted by Gasteiger charge is -2.16. The molecule has 1 aromatic heterocycles. The number of nitrogens with one attached hydrogen (secondary N) is 1. The van der Waals surface area contributed by atoms with Gasteiger partial charge in [0.1, 0.15) is 0 Å². The minimum absolute atomic E-state index is 0.0969. The highest BCUT2D eigenvalue weighted by atomic mass is 16.5. The predicted molar refractivity (Wildman–Crippen MR) is 78.5 cm³/mol. The fourth-order valence-corrected chi connectivity index (χ4v) is 1.66. The van der Waals surface area contributed by atoms with Crippen molar-refractivity contribution in [3.8, 4) is 5.75 Å². The van der Waals surface area contributed by atoms with Crippen molar-refractivity contribution in [1.82, 2.24) is 10.3 Å². The number of carboxylic acids is 1. The number of ether oxygens (including phenoxy) is 1. The molecule has 21 heavy (non-hydrogen) atoms. The highest BCUT2D eigenvalue weighted by Gasteiger charge is 2.19. The molecular weight excluding hydrogens is 272 g/mol. The van der Waals surface area contributed by atoms with Crippen LogP contribution in [0.25, 0.3) is 0 Å². The van der Waals surface area contributed by atoms with Crippen LogP contribution in [-0.4, -0.2) is 34.6 Å². The van der Waals surface area contributed by atoms with Crippen molar-refractivity contribution >= 4 is 11.9 Å². The Morgan fingerprint density at radius 2 is 2.00 bits per heavy atom. The Balaban J connectivity index is 2.68. The smallest absolute Gasteiger partial charge is 0.358 e. The number of nitrogens with zero attached hydrogens (tertiary/aromatic N) is 1. The number of carbonyl (C=O) groups excluding carboxylic acids is 1. The molecule has 1 amide bonds. The third-order valence-electron chi connectivity index (χ3n) is 2.89. The summed E-state index contributed by atoms with van der Waals surface area (Å²) in [5.41, 5.74) is 0.394. The monoisotopic (exact) mass is 294 g/mol. The van der Waals surface area contributed by atoms with Crippen LogP contribution in [0, 0.1) is 12.8 Å². The van der Waals surface area contributed by atoms with Crippen LogP contribution in [0.1, 0.15) is 43.4 Å². The Morgan fingerprint density at radius 1 is 1.33 bits per heavy atom. The van der Waals surface area contributed by atoms with Gasteiger partial charge in [-0.1, -0.05) is 13.8 Å². The maximum atomic E-state index is 11.9. The first-order valence-corrected chi connectivity index (χ1v) is 6.96. The molecule has 0 aliphatic rings. The molecule has 1 heterocycles. The highest BCUT2D eigenvalue weighted by molar-refractivity contribution is 5.89. The van der Waals surface area contributed by atoms with E-state index in [0.717, 1.165) is 6.42 Å². The van der Waals surface area contributed by atoms with Crippen molar-refractivity contribution in [2.45, 2.75) is 40.2 Å². The van der Waals surface area contributed by atoms with Crippen LogP contribution in [0.3, 0.4) is 0 Å². The molecule has 1 unspecified atom stereocenters. The van der Waals surface area contributed by atoms with Crippen LogP contribution < -0.4 is 10.1 Å². The molecule has 0 bridgehead atoms. The molecule has 2 N–H and O–H groups in total. The molecule has 0 radical (unpaired) electrons. The molecule has 1 atom stereocenters. The van der Waals surface area contributed by atoms with E-state index < -0.39 is 12.1 Å². The number of carboxylic acid groups (broad SMARTS) is 1. The maximum Gasteiger partial charge on any atom is 0.358 e. The summed E-state index contributed by atoms with van der Waals surface area (Å²) in [6, 6.07) is 3.16. The first-order valence-electron chi connectivity index (χ1n) is 6.96. The van der Waals surface area contributed by atoms with Gasteiger partial charge in [0, 0.05) is 12.2 Å². The van der Waals surface area contributed by atoms with E-state index in [-0.39, 0.29) is 17.4 Å². The summed E-state index contributed by atoms with van der Waals surface area (Å²) in [5, 5.41) is 11.9. The zero-order chi connectivity index (χ0) is 16.0. The van der Waals surface area contributed by atoms with Gasteiger partial charge in [0.05, 0.1) is 0 Å². The van der Waals surface area contributed by atoms with Gasteiger partial charge < -0.3 is 15.2 Å². The number of aryl methyl sites for hydroxylation is 1. The summed E-state index contributed by atoms with van der Waals surface area (Å²) in [7, 11) is 0. The zero-order valence-corrected chi connectivity index (χ0v) is 12.8. The van der Waals surface area contributed by atoms with Crippen LogP contribution in [-0.2, 0) is 4.79 Å².